The normalized spacial score (nSPS) is 16.5. The van der Waals surface area contributed by atoms with E-state index in [0.717, 1.165) is 0 Å². The van der Waals surface area contributed by atoms with Gasteiger partial charge in [0.15, 0.2) is 5.78 Å². The zero-order chi connectivity index (χ0) is 7.40. The van der Waals surface area contributed by atoms with Crippen molar-refractivity contribution in [1.82, 2.24) is 0 Å². The van der Waals surface area contributed by atoms with Gasteiger partial charge in [0.05, 0.1) is 5.92 Å². The van der Waals surface area contributed by atoms with Crippen LogP contribution in [0, 0.1) is 5.92 Å². The average Bonchev–Trinajstić information content (AvgIpc) is 2.38. The minimum Gasteiger partial charge on any atom is -0.377 e. The molecule has 0 heterocycles. The fourth-order valence-electron chi connectivity index (χ4n) is 0.885. The molecule has 0 radical (unpaired) electrons. The molecule has 0 aliphatic heterocycles. The Labute approximate surface area is 60.2 Å². The van der Waals surface area contributed by atoms with E-state index in [0.29, 0.717) is 0 Å². The van der Waals surface area contributed by atoms with Crippen molar-refractivity contribution in [3.05, 3.63) is 24.3 Å². The molecule has 1 aliphatic rings. The Kier molecular flexibility index (Phi) is 2.40. The van der Waals surface area contributed by atoms with Crippen LogP contribution in [0.2, 0.25) is 0 Å². The maximum absolute atomic E-state index is 11.0. The van der Waals surface area contributed by atoms with Crippen LogP contribution in [0.4, 0.5) is 0 Å². The third-order valence-electron chi connectivity index (χ3n) is 1.41. The van der Waals surface area contributed by atoms with Gasteiger partial charge in [-0.2, -0.15) is 0 Å². The van der Waals surface area contributed by atoms with E-state index in [2.05, 4.69) is 0 Å². The number of hydrogen-bond donors (Lipinski definition) is 0. The van der Waals surface area contributed by atoms with Gasteiger partial charge in [0, 0.05) is 7.11 Å². The number of hydrogen-bond acceptors (Lipinski definition) is 2. The first-order valence-electron chi connectivity index (χ1n) is 3.21. The van der Waals surface area contributed by atoms with Gasteiger partial charge in [-0.15, -0.1) is 0 Å². The second kappa shape index (κ2) is 3.32. The number of Topliss-reactive ketones (excluding diaryl/α,β-unsaturated/α-hetero) is 1. The molecule has 0 saturated heterocycles. The first-order valence-corrected chi connectivity index (χ1v) is 3.21. The quantitative estimate of drug-likeness (QED) is 0.580. The third kappa shape index (κ3) is 1.54. The van der Waals surface area contributed by atoms with Gasteiger partial charge < -0.3 is 4.74 Å². The molecule has 0 aromatic carbocycles. The smallest absolute Gasteiger partial charge is 0.169 e. The number of allylic oxidation sites excluding steroid dienone is 4. The molecule has 0 aromatic rings. The minimum atomic E-state index is -0.0417. The summed E-state index contributed by atoms with van der Waals surface area (Å²) in [5.41, 5.74) is 0. The molecular formula is C8H10O2. The highest BCUT2D eigenvalue weighted by Gasteiger charge is 2.12. The molecular weight excluding hydrogens is 128 g/mol. The zero-order valence-corrected chi connectivity index (χ0v) is 5.91. The van der Waals surface area contributed by atoms with Crippen LogP contribution in [0.1, 0.15) is 0 Å². The molecule has 0 atom stereocenters. The fraction of sp³-hybridized carbons (Fsp3) is 0.375. The Hall–Kier alpha value is -0.890. The minimum absolute atomic E-state index is 0.0417. The molecule has 0 N–H and O–H groups in total. The van der Waals surface area contributed by atoms with Gasteiger partial charge in [-0.3, -0.25) is 4.79 Å². The average molecular weight is 138 g/mol. The van der Waals surface area contributed by atoms with E-state index < -0.39 is 0 Å². The SMILES string of the molecule is COCC(=O)C1C=CC=C1. The summed E-state index contributed by atoms with van der Waals surface area (Å²) in [4.78, 5) is 11.0. The van der Waals surface area contributed by atoms with Crippen LogP contribution < -0.4 is 0 Å². The lowest BCUT2D eigenvalue weighted by atomic mass is 10.1. The number of carbonyl (C=O) groups is 1. The van der Waals surface area contributed by atoms with E-state index in [1.807, 2.05) is 24.3 Å². The number of methoxy groups -OCH3 is 1. The fourth-order valence-corrected chi connectivity index (χ4v) is 0.885. The van der Waals surface area contributed by atoms with Crippen LogP contribution in [0.25, 0.3) is 0 Å². The van der Waals surface area contributed by atoms with Gasteiger partial charge in [0.1, 0.15) is 6.61 Å². The van der Waals surface area contributed by atoms with Crippen LogP contribution in [0.15, 0.2) is 24.3 Å². The molecule has 10 heavy (non-hydrogen) atoms. The second-order valence-electron chi connectivity index (χ2n) is 2.19. The van der Waals surface area contributed by atoms with Crippen molar-refractivity contribution >= 4 is 5.78 Å². The highest BCUT2D eigenvalue weighted by Crippen LogP contribution is 2.09. The van der Waals surface area contributed by atoms with Crippen LogP contribution in [0.3, 0.4) is 0 Å². The molecule has 0 aromatic heterocycles. The molecule has 2 nitrogen and oxygen atoms in total. The Morgan fingerprint density at radius 3 is 2.60 bits per heavy atom. The third-order valence-corrected chi connectivity index (χ3v) is 1.41. The van der Waals surface area contributed by atoms with Crippen LogP contribution in [-0.4, -0.2) is 19.5 Å². The van der Waals surface area contributed by atoms with E-state index in [-0.39, 0.29) is 18.3 Å². The molecule has 0 saturated carbocycles. The maximum Gasteiger partial charge on any atom is 0.169 e. The van der Waals surface area contributed by atoms with Crippen molar-refractivity contribution in [2.24, 2.45) is 5.92 Å². The van der Waals surface area contributed by atoms with Gasteiger partial charge in [-0.25, -0.2) is 0 Å². The molecule has 0 amide bonds. The molecule has 0 bridgehead atoms. The summed E-state index contributed by atoms with van der Waals surface area (Å²) in [6.07, 6.45) is 7.47. The number of carbonyl (C=O) groups excluding carboxylic acids is 1. The van der Waals surface area contributed by atoms with E-state index in [1.165, 1.54) is 7.11 Å². The largest absolute Gasteiger partial charge is 0.377 e. The molecule has 1 rings (SSSR count). The van der Waals surface area contributed by atoms with Crippen LogP contribution in [-0.2, 0) is 9.53 Å². The first-order chi connectivity index (χ1) is 4.84. The zero-order valence-electron chi connectivity index (χ0n) is 5.91. The molecule has 0 fully saturated rings. The summed E-state index contributed by atoms with van der Waals surface area (Å²) in [6.45, 7) is 0.208. The van der Waals surface area contributed by atoms with Crippen molar-refractivity contribution in [3.63, 3.8) is 0 Å². The molecule has 0 spiro atoms. The summed E-state index contributed by atoms with van der Waals surface area (Å²) in [7, 11) is 1.53. The van der Waals surface area contributed by atoms with E-state index >= 15 is 0 Å². The topological polar surface area (TPSA) is 26.3 Å². The molecule has 0 unspecified atom stereocenters. The summed E-state index contributed by atoms with van der Waals surface area (Å²) in [5, 5.41) is 0. The number of ether oxygens (including phenoxy) is 1. The highest BCUT2D eigenvalue weighted by atomic mass is 16.5. The standard InChI is InChI=1S/C8H10O2/c1-10-6-8(9)7-4-2-3-5-7/h2-5,7H,6H2,1H3. The Balaban J connectivity index is 2.42. The monoisotopic (exact) mass is 138 g/mol. The lowest BCUT2D eigenvalue weighted by molar-refractivity contribution is -0.123. The van der Waals surface area contributed by atoms with Gasteiger partial charge in [-0.05, 0) is 0 Å². The summed E-state index contributed by atoms with van der Waals surface area (Å²) < 4.78 is 4.70. The van der Waals surface area contributed by atoms with Gasteiger partial charge >= 0.3 is 0 Å². The maximum atomic E-state index is 11.0. The Morgan fingerprint density at radius 2 is 2.10 bits per heavy atom. The lowest BCUT2D eigenvalue weighted by Crippen LogP contribution is -2.14. The van der Waals surface area contributed by atoms with Gasteiger partial charge in [-0.1, -0.05) is 24.3 Å². The lowest BCUT2D eigenvalue weighted by Gasteiger charge is -2.01. The highest BCUT2D eigenvalue weighted by molar-refractivity contribution is 5.86. The van der Waals surface area contributed by atoms with Crippen LogP contribution in [0.5, 0.6) is 0 Å². The molecule has 54 valence electrons. The first kappa shape index (κ1) is 7.22. The predicted octanol–water partition coefficient (Wildman–Crippen LogP) is 0.944. The van der Waals surface area contributed by atoms with Crippen molar-refractivity contribution in [2.45, 2.75) is 0 Å². The number of ketones is 1. The van der Waals surface area contributed by atoms with Crippen LogP contribution >= 0.6 is 0 Å². The van der Waals surface area contributed by atoms with Crippen molar-refractivity contribution in [3.8, 4) is 0 Å². The van der Waals surface area contributed by atoms with E-state index in [9.17, 15) is 4.79 Å². The van der Waals surface area contributed by atoms with Crippen molar-refractivity contribution < 1.29 is 9.53 Å². The van der Waals surface area contributed by atoms with Gasteiger partial charge in [0.25, 0.3) is 0 Å². The molecule has 1 aliphatic carbocycles. The summed E-state index contributed by atoms with van der Waals surface area (Å²) in [6, 6.07) is 0. The Bertz CT molecular complexity index is 168. The number of rotatable bonds is 3. The van der Waals surface area contributed by atoms with Gasteiger partial charge in [0.2, 0.25) is 0 Å². The van der Waals surface area contributed by atoms with E-state index in [1.54, 1.807) is 0 Å². The summed E-state index contributed by atoms with van der Waals surface area (Å²) >= 11 is 0. The van der Waals surface area contributed by atoms with Crippen molar-refractivity contribution in [1.29, 1.82) is 0 Å². The van der Waals surface area contributed by atoms with E-state index in [4.69, 9.17) is 4.74 Å². The molecule has 2 heteroatoms. The van der Waals surface area contributed by atoms with Crippen molar-refractivity contribution in [2.75, 3.05) is 13.7 Å². The predicted molar refractivity (Wildman–Crippen MR) is 38.7 cm³/mol. The summed E-state index contributed by atoms with van der Waals surface area (Å²) in [5.74, 6) is 0.0763. The second-order valence-corrected chi connectivity index (χ2v) is 2.19. The Morgan fingerprint density at radius 1 is 1.50 bits per heavy atom.